The fraction of sp³-hybridized carbons (Fsp3) is 0.333. The molecular weight excluding hydrogens is 449 g/mol. The van der Waals surface area contributed by atoms with E-state index in [1.165, 1.54) is 31.2 Å². The minimum atomic E-state index is -0.559. The van der Waals surface area contributed by atoms with Crippen molar-refractivity contribution in [1.29, 1.82) is 0 Å². The van der Waals surface area contributed by atoms with Crippen LogP contribution in [0.3, 0.4) is 0 Å². The molecule has 1 aliphatic carbocycles. The highest BCUT2D eigenvalue weighted by molar-refractivity contribution is 6.28. The number of terminal acetylenes is 1. The summed E-state index contributed by atoms with van der Waals surface area (Å²) >= 11 is 6.00. The molecule has 10 nitrogen and oxygen atoms in total. The normalized spacial score (nSPS) is 14.4. The zero-order chi connectivity index (χ0) is 23.6. The molecule has 0 aromatic carbocycles. The lowest BCUT2D eigenvalue weighted by molar-refractivity contribution is -0.105. The molecule has 0 unspecified atom stereocenters. The Bertz CT molecular complexity index is 1060. The number of carbonyl (C=O) groups is 1. The number of rotatable bonds is 6. The van der Waals surface area contributed by atoms with Gasteiger partial charge in [0.15, 0.2) is 5.82 Å². The van der Waals surface area contributed by atoms with E-state index in [-0.39, 0.29) is 5.28 Å². The van der Waals surface area contributed by atoms with Crippen LogP contribution in [0.15, 0.2) is 24.4 Å². The molecule has 1 saturated heterocycles. The number of carbonyl (C=O) groups excluding carboxylic acids is 1. The summed E-state index contributed by atoms with van der Waals surface area (Å²) in [5.74, 6) is 1.86. The number of aromatic nitrogens is 6. The predicted octanol–water partition coefficient (Wildman–Crippen LogP) is 3.51. The van der Waals surface area contributed by atoms with Gasteiger partial charge in [0.05, 0.1) is 11.9 Å². The van der Waals surface area contributed by atoms with Gasteiger partial charge in [-0.25, -0.2) is 4.98 Å². The molecule has 3 aromatic heterocycles. The van der Waals surface area contributed by atoms with E-state index < -0.39 is 5.95 Å². The molecule has 12 heteroatoms. The average Bonchev–Trinajstić information content (AvgIpc) is 3.32. The highest BCUT2D eigenvalue weighted by atomic mass is 35.5. The Balaban J connectivity index is 0.000000216. The first kappa shape index (κ1) is 23.9. The van der Waals surface area contributed by atoms with Crippen molar-refractivity contribution < 1.29 is 9.18 Å². The molecule has 172 valence electrons. The number of nitrogens with one attached hydrogen (secondary N) is 3. The SMILES string of the molecule is C#C.Clc1nc(Nc2cc(C3CC3)[nH]n2)nc(N2CCCC2)n1.O=CNc1ccc(F)nc1. The van der Waals surface area contributed by atoms with Gasteiger partial charge in [0.2, 0.25) is 29.5 Å². The summed E-state index contributed by atoms with van der Waals surface area (Å²) in [5, 5.41) is 12.9. The quantitative estimate of drug-likeness (QED) is 0.283. The molecule has 0 atom stereocenters. The van der Waals surface area contributed by atoms with Crippen LogP contribution in [0.1, 0.15) is 37.3 Å². The smallest absolute Gasteiger partial charge is 0.234 e. The standard InChI is InChI=1S/C13H16ClN7.C6H5FN2O.C2H2/c14-11-16-12(18-13(17-11)21-5-1-2-6-21)15-10-7-9(19-20-10)8-3-4-8;7-6-2-1-5(3-8-6)9-4-10;1-2/h7-8H,1-6H2,(H2,15,16,17,18,19,20);1-4H,(H,9,10);1-2H. The van der Waals surface area contributed by atoms with Gasteiger partial charge in [-0.3, -0.25) is 9.89 Å². The van der Waals surface area contributed by atoms with Crippen molar-refractivity contribution in [3.63, 3.8) is 0 Å². The van der Waals surface area contributed by atoms with E-state index in [0.717, 1.165) is 31.6 Å². The van der Waals surface area contributed by atoms with Crippen LogP contribution in [0, 0.1) is 18.8 Å². The minimum Gasteiger partial charge on any atom is -0.341 e. The number of anilines is 4. The molecule has 2 fully saturated rings. The van der Waals surface area contributed by atoms with E-state index in [0.29, 0.717) is 35.7 Å². The molecule has 1 aliphatic heterocycles. The number of halogens is 2. The maximum absolute atomic E-state index is 12.1. The fourth-order valence-corrected chi connectivity index (χ4v) is 3.26. The third-order valence-electron chi connectivity index (χ3n) is 4.79. The second kappa shape index (κ2) is 11.7. The summed E-state index contributed by atoms with van der Waals surface area (Å²) in [6.45, 7) is 1.93. The Morgan fingerprint density at radius 2 is 1.94 bits per heavy atom. The van der Waals surface area contributed by atoms with Gasteiger partial charge in [-0.1, -0.05) is 0 Å². The number of H-pyrrole nitrogens is 1. The van der Waals surface area contributed by atoms with E-state index in [4.69, 9.17) is 11.6 Å². The molecule has 1 saturated carbocycles. The van der Waals surface area contributed by atoms with Gasteiger partial charge in [0.25, 0.3) is 0 Å². The van der Waals surface area contributed by atoms with Crippen LogP contribution in [0.5, 0.6) is 0 Å². The lowest BCUT2D eigenvalue weighted by Gasteiger charge is -2.15. The van der Waals surface area contributed by atoms with Crippen LogP contribution >= 0.6 is 11.6 Å². The Hall–Kier alpha value is -3.78. The molecule has 0 bridgehead atoms. The van der Waals surface area contributed by atoms with Gasteiger partial charge >= 0.3 is 0 Å². The zero-order valence-corrected chi connectivity index (χ0v) is 18.5. The maximum atomic E-state index is 12.1. The molecule has 3 aromatic rings. The summed E-state index contributed by atoms with van der Waals surface area (Å²) in [5.41, 5.74) is 1.65. The van der Waals surface area contributed by atoms with Gasteiger partial charge < -0.3 is 15.5 Å². The van der Waals surface area contributed by atoms with E-state index >= 15 is 0 Å². The summed E-state index contributed by atoms with van der Waals surface area (Å²) < 4.78 is 12.1. The predicted molar refractivity (Wildman–Crippen MR) is 124 cm³/mol. The third-order valence-corrected chi connectivity index (χ3v) is 4.96. The molecule has 2 aliphatic rings. The molecule has 0 radical (unpaired) electrons. The van der Waals surface area contributed by atoms with E-state index in [1.807, 2.05) is 6.07 Å². The fourth-order valence-electron chi connectivity index (χ4n) is 3.10. The molecular formula is C21H23ClFN9O. The van der Waals surface area contributed by atoms with Gasteiger partial charge in [-0.2, -0.15) is 24.4 Å². The van der Waals surface area contributed by atoms with E-state index in [1.54, 1.807) is 0 Å². The molecule has 1 amide bonds. The van der Waals surface area contributed by atoms with Crippen LogP contribution < -0.4 is 15.5 Å². The molecule has 3 N–H and O–H groups in total. The number of nitrogens with zero attached hydrogens (tertiary/aromatic N) is 6. The number of hydrogen-bond donors (Lipinski definition) is 3. The first-order valence-electron chi connectivity index (χ1n) is 10.2. The van der Waals surface area contributed by atoms with Gasteiger partial charge in [-0.05, 0) is 49.4 Å². The van der Waals surface area contributed by atoms with Crippen molar-refractivity contribution in [3.05, 3.63) is 41.3 Å². The van der Waals surface area contributed by atoms with E-state index in [9.17, 15) is 9.18 Å². The van der Waals surface area contributed by atoms with Crippen molar-refractivity contribution in [2.24, 2.45) is 0 Å². The maximum Gasteiger partial charge on any atom is 0.234 e. The van der Waals surface area contributed by atoms with Crippen LogP contribution in [-0.2, 0) is 4.79 Å². The summed E-state index contributed by atoms with van der Waals surface area (Å²) in [7, 11) is 0. The number of amides is 1. The largest absolute Gasteiger partial charge is 0.341 e. The molecule has 5 rings (SSSR count). The lowest BCUT2D eigenvalue weighted by atomic mass is 10.3. The summed E-state index contributed by atoms with van der Waals surface area (Å²) in [4.78, 5) is 28.0. The van der Waals surface area contributed by atoms with Crippen molar-refractivity contribution in [2.45, 2.75) is 31.6 Å². The lowest BCUT2D eigenvalue weighted by Crippen LogP contribution is -2.21. The Morgan fingerprint density at radius 1 is 1.18 bits per heavy atom. The van der Waals surface area contributed by atoms with Gasteiger partial charge in [0, 0.05) is 30.8 Å². The molecule has 4 heterocycles. The summed E-state index contributed by atoms with van der Waals surface area (Å²) in [6, 6.07) is 4.60. The van der Waals surface area contributed by atoms with Crippen molar-refractivity contribution in [2.75, 3.05) is 28.6 Å². The number of hydrogen-bond acceptors (Lipinski definition) is 8. The highest BCUT2D eigenvalue weighted by Crippen LogP contribution is 2.39. The topological polar surface area (TPSA) is 125 Å². The number of aromatic amines is 1. The van der Waals surface area contributed by atoms with Crippen molar-refractivity contribution >= 4 is 41.4 Å². The van der Waals surface area contributed by atoms with Crippen molar-refractivity contribution in [1.82, 2.24) is 30.1 Å². The van der Waals surface area contributed by atoms with E-state index in [2.05, 4.69) is 58.5 Å². The third kappa shape index (κ3) is 7.11. The van der Waals surface area contributed by atoms with Crippen LogP contribution in [0.25, 0.3) is 0 Å². The first-order chi connectivity index (χ1) is 16.1. The Morgan fingerprint density at radius 3 is 2.58 bits per heavy atom. The highest BCUT2D eigenvalue weighted by Gasteiger charge is 2.25. The molecule has 33 heavy (non-hydrogen) atoms. The zero-order valence-electron chi connectivity index (χ0n) is 17.7. The van der Waals surface area contributed by atoms with Gasteiger partial charge in [0.1, 0.15) is 0 Å². The van der Waals surface area contributed by atoms with Crippen LogP contribution in [0.4, 0.5) is 27.8 Å². The van der Waals surface area contributed by atoms with Gasteiger partial charge in [-0.15, -0.1) is 12.8 Å². The Kier molecular flexibility index (Phi) is 8.49. The minimum absolute atomic E-state index is 0.201. The summed E-state index contributed by atoms with van der Waals surface area (Å²) in [6.07, 6.45) is 14.5. The molecule has 0 spiro atoms. The van der Waals surface area contributed by atoms with Crippen molar-refractivity contribution in [3.8, 4) is 12.8 Å². The number of pyridine rings is 1. The first-order valence-corrected chi connectivity index (χ1v) is 10.6. The average molecular weight is 472 g/mol. The monoisotopic (exact) mass is 471 g/mol. The van der Waals surface area contributed by atoms with Crippen LogP contribution in [-0.4, -0.2) is 49.6 Å². The second-order valence-electron chi connectivity index (χ2n) is 7.16. The second-order valence-corrected chi connectivity index (χ2v) is 7.50. The Labute approximate surface area is 195 Å². The van der Waals surface area contributed by atoms with Crippen LogP contribution in [0.2, 0.25) is 5.28 Å².